The maximum atomic E-state index is 13.5. The van der Waals surface area contributed by atoms with E-state index in [1.807, 2.05) is 62.4 Å². The van der Waals surface area contributed by atoms with Crippen LogP contribution in [0.15, 0.2) is 125 Å². The molecule has 0 bridgehead atoms. The van der Waals surface area contributed by atoms with Crippen LogP contribution in [0.5, 0.6) is 5.75 Å². The van der Waals surface area contributed by atoms with Gasteiger partial charge in [-0.2, -0.15) is 5.10 Å². The van der Waals surface area contributed by atoms with E-state index >= 15 is 0 Å². The molecule has 0 atom stereocenters. The lowest BCUT2D eigenvalue weighted by molar-refractivity contribution is -0.119. The van der Waals surface area contributed by atoms with Crippen molar-refractivity contribution < 1.29 is 17.9 Å². The number of rotatable bonds is 10. The Balaban J connectivity index is 1.23. The molecule has 0 aliphatic carbocycles. The van der Waals surface area contributed by atoms with E-state index in [0.717, 1.165) is 31.9 Å². The number of anilines is 1. The first kappa shape index (κ1) is 28.6. The van der Waals surface area contributed by atoms with Crippen LogP contribution in [-0.2, 0) is 21.4 Å². The van der Waals surface area contributed by atoms with Crippen LogP contribution in [0.3, 0.4) is 0 Å². The van der Waals surface area contributed by atoms with Crippen molar-refractivity contribution in [1.82, 2.24) is 5.43 Å². The van der Waals surface area contributed by atoms with Crippen LogP contribution in [0.25, 0.3) is 10.8 Å². The van der Waals surface area contributed by atoms with Gasteiger partial charge in [0, 0.05) is 0 Å². The van der Waals surface area contributed by atoms with Gasteiger partial charge in [0.1, 0.15) is 18.9 Å². The first-order valence-electron chi connectivity index (χ1n) is 13.5. The number of carbonyl (C=O) groups excluding carboxylic acids is 1. The number of hydrazone groups is 1. The maximum absolute atomic E-state index is 13.5. The number of benzene rings is 5. The second-order valence-electron chi connectivity index (χ2n) is 9.88. The van der Waals surface area contributed by atoms with E-state index in [9.17, 15) is 13.2 Å². The fourth-order valence-electron chi connectivity index (χ4n) is 4.49. The van der Waals surface area contributed by atoms with E-state index in [4.69, 9.17) is 4.74 Å². The zero-order valence-corrected chi connectivity index (χ0v) is 24.2. The molecule has 5 aromatic carbocycles. The molecule has 0 spiro atoms. The standard InChI is InChI=1S/C34H31N3O4S/c1-25-15-18-30(21-26(25)2)37(42(39,40)32-12-4-3-5-13-32)23-34(38)36-35-22-27-16-19-31(20-17-27)41-24-29-11-8-10-28-9-6-7-14-33(28)29/h3-22H,23-24H2,1-2H3,(H,36,38)/b35-22-. The highest BCUT2D eigenvalue weighted by molar-refractivity contribution is 7.92. The van der Waals surface area contributed by atoms with Crippen LogP contribution in [-0.4, -0.2) is 27.1 Å². The van der Waals surface area contributed by atoms with Crippen molar-refractivity contribution >= 4 is 38.6 Å². The van der Waals surface area contributed by atoms with Crippen LogP contribution >= 0.6 is 0 Å². The van der Waals surface area contributed by atoms with Gasteiger partial charge in [0.2, 0.25) is 0 Å². The van der Waals surface area contributed by atoms with Crippen molar-refractivity contribution in [2.45, 2.75) is 25.3 Å². The van der Waals surface area contributed by atoms with Gasteiger partial charge in [0.25, 0.3) is 15.9 Å². The van der Waals surface area contributed by atoms with Gasteiger partial charge in [-0.25, -0.2) is 13.8 Å². The molecular weight excluding hydrogens is 546 g/mol. The molecule has 5 rings (SSSR count). The molecule has 212 valence electrons. The van der Waals surface area contributed by atoms with Crippen molar-refractivity contribution in [1.29, 1.82) is 0 Å². The third kappa shape index (κ3) is 6.67. The van der Waals surface area contributed by atoms with Gasteiger partial charge in [-0.3, -0.25) is 9.10 Å². The Morgan fingerprint density at radius 2 is 1.55 bits per heavy atom. The highest BCUT2D eigenvalue weighted by Gasteiger charge is 2.27. The summed E-state index contributed by atoms with van der Waals surface area (Å²) < 4.78 is 34.1. The van der Waals surface area contributed by atoms with E-state index in [2.05, 4.69) is 34.8 Å². The Morgan fingerprint density at radius 1 is 0.833 bits per heavy atom. The van der Waals surface area contributed by atoms with Crippen molar-refractivity contribution in [2.24, 2.45) is 5.10 Å². The fourth-order valence-corrected chi connectivity index (χ4v) is 5.92. The van der Waals surface area contributed by atoms with Gasteiger partial charge in [-0.1, -0.05) is 66.7 Å². The third-order valence-corrected chi connectivity index (χ3v) is 8.74. The number of hydrogen-bond acceptors (Lipinski definition) is 5. The van der Waals surface area contributed by atoms with E-state index in [0.29, 0.717) is 18.0 Å². The van der Waals surface area contributed by atoms with Gasteiger partial charge >= 0.3 is 0 Å². The van der Waals surface area contributed by atoms with Gasteiger partial charge < -0.3 is 4.74 Å². The zero-order valence-electron chi connectivity index (χ0n) is 23.4. The summed E-state index contributed by atoms with van der Waals surface area (Å²) in [6.07, 6.45) is 1.50. The Kier molecular flexibility index (Phi) is 8.64. The van der Waals surface area contributed by atoms with Crippen LogP contribution in [0.2, 0.25) is 0 Å². The third-order valence-electron chi connectivity index (χ3n) is 6.95. The molecule has 0 aliphatic heterocycles. The number of sulfonamides is 1. The molecule has 0 unspecified atom stereocenters. The molecule has 0 radical (unpaired) electrons. The molecule has 5 aromatic rings. The molecule has 0 aliphatic rings. The van der Waals surface area contributed by atoms with Crippen molar-refractivity contribution in [3.05, 3.63) is 138 Å². The van der Waals surface area contributed by atoms with E-state index < -0.39 is 22.5 Å². The number of ether oxygens (including phenoxy) is 1. The number of nitrogens with zero attached hydrogens (tertiary/aromatic N) is 2. The van der Waals surface area contributed by atoms with E-state index in [1.165, 1.54) is 23.7 Å². The summed E-state index contributed by atoms with van der Waals surface area (Å²) >= 11 is 0. The fraction of sp³-hybridized carbons (Fsp3) is 0.118. The smallest absolute Gasteiger partial charge is 0.264 e. The van der Waals surface area contributed by atoms with Gasteiger partial charge in [-0.05, 0) is 95.4 Å². The Hall–Kier alpha value is -4.95. The molecule has 0 aromatic heterocycles. The topological polar surface area (TPSA) is 88.1 Å². The highest BCUT2D eigenvalue weighted by Crippen LogP contribution is 2.26. The average molecular weight is 578 g/mol. The first-order chi connectivity index (χ1) is 20.3. The number of nitrogens with one attached hydrogen (secondary N) is 1. The van der Waals surface area contributed by atoms with Crippen LogP contribution in [0.4, 0.5) is 5.69 Å². The van der Waals surface area contributed by atoms with E-state index in [-0.39, 0.29) is 4.90 Å². The van der Waals surface area contributed by atoms with Crippen molar-refractivity contribution in [3.8, 4) is 5.75 Å². The number of aryl methyl sites for hydroxylation is 2. The minimum absolute atomic E-state index is 0.0993. The van der Waals surface area contributed by atoms with Gasteiger partial charge in [-0.15, -0.1) is 0 Å². The molecule has 42 heavy (non-hydrogen) atoms. The van der Waals surface area contributed by atoms with Crippen LogP contribution in [0, 0.1) is 13.8 Å². The van der Waals surface area contributed by atoms with Crippen molar-refractivity contribution in [2.75, 3.05) is 10.8 Å². The van der Waals surface area contributed by atoms with E-state index in [1.54, 1.807) is 30.3 Å². The predicted octanol–water partition coefficient (Wildman–Crippen LogP) is 6.38. The summed E-state index contributed by atoms with van der Waals surface area (Å²) in [5.74, 6) is 0.137. The maximum Gasteiger partial charge on any atom is 0.264 e. The number of hydrogen-bond donors (Lipinski definition) is 1. The molecule has 1 amide bonds. The normalized spacial score (nSPS) is 11.5. The second-order valence-corrected chi connectivity index (χ2v) is 11.7. The summed E-state index contributed by atoms with van der Waals surface area (Å²) in [6.45, 7) is 3.85. The zero-order chi connectivity index (χ0) is 29.5. The Labute approximate surface area is 246 Å². The minimum atomic E-state index is -3.99. The molecule has 7 nitrogen and oxygen atoms in total. The summed E-state index contributed by atoms with van der Waals surface area (Å²) in [5.41, 5.74) is 6.65. The number of amides is 1. The largest absolute Gasteiger partial charge is 0.489 e. The van der Waals surface area contributed by atoms with Gasteiger partial charge in [0.05, 0.1) is 16.8 Å². The summed E-state index contributed by atoms with van der Waals surface area (Å²) in [4.78, 5) is 13.0. The lowest BCUT2D eigenvalue weighted by Gasteiger charge is -2.24. The summed E-state index contributed by atoms with van der Waals surface area (Å²) in [7, 11) is -3.99. The second kappa shape index (κ2) is 12.7. The van der Waals surface area contributed by atoms with Gasteiger partial charge in [0.15, 0.2) is 0 Å². The lowest BCUT2D eigenvalue weighted by Crippen LogP contribution is -2.39. The summed E-state index contributed by atoms with van der Waals surface area (Å²) in [6, 6.07) is 35.0. The molecule has 0 heterocycles. The van der Waals surface area contributed by atoms with Crippen LogP contribution < -0.4 is 14.5 Å². The quantitative estimate of drug-likeness (QED) is 0.154. The molecule has 0 saturated heterocycles. The molecular formula is C34H31N3O4S. The molecule has 0 saturated carbocycles. The average Bonchev–Trinajstić information content (AvgIpc) is 3.01. The summed E-state index contributed by atoms with van der Waals surface area (Å²) in [5, 5.41) is 6.37. The SMILES string of the molecule is Cc1ccc(N(CC(=O)N/N=C\c2ccc(OCc3cccc4ccccc34)cc2)S(=O)(=O)c2ccccc2)cc1C. The lowest BCUT2D eigenvalue weighted by atomic mass is 10.1. The first-order valence-corrected chi connectivity index (χ1v) is 14.9. The minimum Gasteiger partial charge on any atom is -0.489 e. The molecule has 0 fully saturated rings. The number of carbonyl (C=O) groups is 1. The van der Waals surface area contributed by atoms with Crippen molar-refractivity contribution in [3.63, 3.8) is 0 Å². The monoisotopic (exact) mass is 577 g/mol. The molecule has 8 heteroatoms. The van der Waals surface area contributed by atoms with Crippen LogP contribution in [0.1, 0.15) is 22.3 Å². The predicted molar refractivity (Wildman–Crippen MR) is 167 cm³/mol. The highest BCUT2D eigenvalue weighted by atomic mass is 32.2. The Bertz CT molecular complexity index is 1830. The Morgan fingerprint density at radius 3 is 2.31 bits per heavy atom. The molecule has 1 N–H and O–H groups in total. The number of fused-ring (bicyclic) bond motifs is 1.